The SMILES string of the molecule is C=CCOc1ccc(NC(=O)C2(C)COC(c3ccccc3F)OC2)c2ccccc12. The van der Waals surface area contributed by atoms with Crippen molar-refractivity contribution in [2.24, 2.45) is 5.41 Å². The van der Waals surface area contributed by atoms with Gasteiger partial charge in [0.25, 0.3) is 0 Å². The molecule has 5 nitrogen and oxygen atoms in total. The van der Waals surface area contributed by atoms with Gasteiger partial charge < -0.3 is 19.5 Å². The zero-order valence-electron chi connectivity index (χ0n) is 17.3. The van der Waals surface area contributed by atoms with Crippen LogP contribution in [-0.2, 0) is 14.3 Å². The Morgan fingerprint density at radius 2 is 1.81 bits per heavy atom. The number of amides is 1. The highest BCUT2D eigenvalue weighted by molar-refractivity contribution is 6.05. The lowest BCUT2D eigenvalue weighted by molar-refractivity contribution is -0.227. The minimum absolute atomic E-state index is 0.107. The molecule has 1 amide bonds. The Kier molecular flexibility index (Phi) is 6.02. The first-order valence-corrected chi connectivity index (χ1v) is 10.1. The molecule has 1 heterocycles. The topological polar surface area (TPSA) is 56.8 Å². The number of nitrogens with one attached hydrogen (secondary N) is 1. The largest absolute Gasteiger partial charge is 0.489 e. The van der Waals surface area contributed by atoms with Gasteiger partial charge in [-0.15, -0.1) is 0 Å². The molecule has 4 rings (SSSR count). The number of benzene rings is 3. The number of anilines is 1. The molecule has 1 N–H and O–H groups in total. The number of ether oxygens (including phenoxy) is 3. The molecule has 1 aliphatic rings. The number of carbonyl (C=O) groups excluding carboxylic acids is 1. The molecule has 6 heteroatoms. The van der Waals surface area contributed by atoms with Crippen LogP contribution in [0, 0.1) is 11.2 Å². The molecular formula is C25H24FNO4. The van der Waals surface area contributed by atoms with Gasteiger partial charge in [0.15, 0.2) is 6.29 Å². The van der Waals surface area contributed by atoms with Gasteiger partial charge in [-0.05, 0) is 25.1 Å². The zero-order chi connectivity index (χ0) is 21.8. The smallest absolute Gasteiger partial charge is 0.235 e. The van der Waals surface area contributed by atoms with Gasteiger partial charge in [-0.1, -0.05) is 55.1 Å². The fourth-order valence-electron chi connectivity index (χ4n) is 3.51. The Morgan fingerprint density at radius 1 is 1.13 bits per heavy atom. The summed E-state index contributed by atoms with van der Waals surface area (Å²) in [5.74, 6) is 0.0898. The lowest BCUT2D eigenvalue weighted by Gasteiger charge is -2.36. The molecule has 3 aromatic rings. The van der Waals surface area contributed by atoms with Crippen molar-refractivity contribution in [1.29, 1.82) is 0 Å². The second-order valence-electron chi connectivity index (χ2n) is 7.75. The summed E-state index contributed by atoms with van der Waals surface area (Å²) >= 11 is 0. The molecule has 0 unspecified atom stereocenters. The molecule has 1 aliphatic heterocycles. The molecule has 0 spiro atoms. The normalized spacial score (nSPS) is 20.9. The first-order valence-electron chi connectivity index (χ1n) is 10.1. The van der Waals surface area contributed by atoms with Crippen molar-refractivity contribution in [3.63, 3.8) is 0 Å². The molecule has 0 aromatic heterocycles. The minimum atomic E-state index is -0.916. The first kappa shape index (κ1) is 21.0. The van der Waals surface area contributed by atoms with Gasteiger partial charge in [0.2, 0.25) is 5.91 Å². The van der Waals surface area contributed by atoms with E-state index in [1.807, 2.05) is 36.4 Å². The fraction of sp³-hybridized carbons (Fsp3) is 0.240. The summed E-state index contributed by atoms with van der Waals surface area (Å²) < 4.78 is 31.2. The van der Waals surface area contributed by atoms with Gasteiger partial charge in [-0.2, -0.15) is 0 Å². The Hall–Kier alpha value is -3.22. The van der Waals surface area contributed by atoms with Gasteiger partial charge >= 0.3 is 0 Å². The van der Waals surface area contributed by atoms with E-state index >= 15 is 0 Å². The van der Waals surface area contributed by atoms with Crippen LogP contribution in [0.3, 0.4) is 0 Å². The van der Waals surface area contributed by atoms with E-state index in [9.17, 15) is 9.18 Å². The molecule has 0 saturated carbocycles. The number of hydrogen-bond acceptors (Lipinski definition) is 4. The lowest BCUT2D eigenvalue weighted by Crippen LogP contribution is -2.45. The van der Waals surface area contributed by atoms with Crippen molar-refractivity contribution in [3.8, 4) is 5.75 Å². The Bertz CT molecular complexity index is 1110. The quantitative estimate of drug-likeness (QED) is 0.554. The summed E-state index contributed by atoms with van der Waals surface area (Å²) in [6.07, 6.45) is 0.854. The standard InChI is InChI=1S/C25H24FNO4/c1-3-14-29-22-13-12-21(17-8-4-5-9-18(17)22)27-24(28)25(2)15-30-23(31-16-25)19-10-6-7-11-20(19)26/h3-13,23H,1,14-16H2,2H3,(H,27,28). The number of hydrogen-bond donors (Lipinski definition) is 1. The Balaban J connectivity index is 1.50. The van der Waals surface area contributed by atoms with Crippen LogP contribution in [0.25, 0.3) is 10.8 Å². The van der Waals surface area contributed by atoms with Gasteiger partial charge in [0, 0.05) is 22.0 Å². The van der Waals surface area contributed by atoms with E-state index in [4.69, 9.17) is 14.2 Å². The number of fused-ring (bicyclic) bond motifs is 1. The predicted octanol–water partition coefficient (Wildman–Crippen LogP) is 5.23. The third-order valence-corrected chi connectivity index (χ3v) is 5.30. The molecule has 1 fully saturated rings. The second-order valence-corrected chi connectivity index (χ2v) is 7.75. The number of rotatable bonds is 6. The van der Waals surface area contributed by atoms with Crippen LogP contribution in [-0.4, -0.2) is 25.7 Å². The highest BCUT2D eigenvalue weighted by atomic mass is 19.1. The predicted molar refractivity (Wildman–Crippen MR) is 117 cm³/mol. The van der Waals surface area contributed by atoms with Gasteiger partial charge in [0.1, 0.15) is 18.2 Å². The summed E-state index contributed by atoms with van der Waals surface area (Å²) in [4.78, 5) is 13.1. The zero-order valence-corrected chi connectivity index (χ0v) is 17.3. The lowest BCUT2D eigenvalue weighted by atomic mass is 9.90. The van der Waals surface area contributed by atoms with Crippen LogP contribution in [0.15, 0.2) is 73.3 Å². The minimum Gasteiger partial charge on any atom is -0.489 e. The van der Waals surface area contributed by atoms with Crippen molar-refractivity contribution < 1.29 is 23.4 Å². The molecule has 1 saturated heterocycles. The maximum absolute atomic E-state index is 14.0. The van der Waals surface area contributed by atoms with Crippen LogP contribution in [0.5, 0.6) is 5.75 Å². The maximum Gasteiger partial charge on any atom is 0.235 e. The monoisotopic (exact) mass is 421 g/mol. The van der Waals surface area contributed by atoms with Crippen molar-refractivity contribution in [2.75, 3.05) is 25.1 Å². The molecule has 0 atom stereocenters. The van der Waals surface area contributed by atoms with E-state index in [2.05, 4.69) is 11.9 Å². The Labute approximate surface area is 180 Å². The average molecular weight is 421 g/mol. The van der Waals surface area contributed by atoms with E-state index in [1.165, 1.54) is 6.07 Å². The van der Waals surface area contributed by atoms with E-state index in [0.717, 1.165) is 16.5 Å². The van der Waals surface area contributed by atoms with Gasteiger partial charge in [-0.25, -0.2) is 4.39 Å². The summed E-state index contributed by atoms with van der Waals surface area (Å²) in [7, 11) is 0. The van der Waals surface area contributed by atoms with E-state index in [-0.39, 0.29) is 19.1 Å². The van der Waals surface area contributed by atoms with Crippen LogP contribution in [0.1, 0.15) is 18.8 Å². The third-order valence-electron chi connectivity index (χ3n) is 5.30. The second kappa shape index (κ2) is 8.88. The molecule has 3 aromatic carbocycles. The van der Waals surface area contributed by atoms with Crippen molar-refractivity contribution in [3.05, 3.63) is 84.7 Å². The Morgan fingerprint density at radius 3 is 2.52 bits per heavy atom. The van der Waals surface area contributed by atoms with E-state index < -0.39 is 17.5 Å². The molecular weight excluding hydrogens is 397 g/mol. The maximum atomic E-state index is 14.0. The van der Waals surface area contributed by atoms with Crippen molar-refractivity contribution in [2.45, 2.75) is 13.2 Å². The van der Waals surface area contributed by atoms with Crippen molar-refractivity contribution in [1.82, 2.24) is 0 Å². The van der Waals surface area contributed by atoms with E-state index in [1.54, 1.807) is 31.2 Å². The van der Waals surface area contributed by atoms with Gasteiger partial charge in [-0.3, -0.25) is 4.79 Å². The van der Waals surface area contributed by atoms with Gasteiger partial charge in [0.05, 0.1) is 18.6 Å². The molecule has 0 bridgehead atoms. The number of halogens is 1. The first-order chi connectivity index (χ1) is 15.0. The third kappa shape index (κ3) is 4.31. The highest BCUT2D eigenvalue weighted by Crippen LogP contribution is 2.36. The van der Waals surface area contributed by atoms with Crippen molar-refractivity contribution >= 4 is 22.4 Å². The number of carbonyl (C=O) groups is 1. The van der Waals surface area contributed by atoms with Crippen LogP contribution >= 0.6 is 0 Å². The average Bonchev–Trinajstić information content (AvgIpc) is 2.79. The van der Waals surface area contributed by atoms with Crippen LogP contribution < -0.4 is 10.1 Å². The summed E-state index contributed by atoms with van der Waals surface area (Å²) in [5.41, 5.74) is 0.0796. The summed E-state index contributed by atoms with van der Waals surface area (Å²) in [6, 6.07) is 17.6. The molecule has 0 aliphatic carbocycles. The van der Waals surface area contributed by atoms with Crippen LogP contribution in [0.2, 0.25) is 0 Å². The highest BCUT2D eigenvalue weighted by Gasteiger charge is 2.40. The summed E-state index contributed by atoms with van der Waals surface area (Å²) in [6.45, 7) is 6.05. The molecule has 160 valence electrons. The van der Waals surface area contributed by atoms with Crippen LogP contribution in [0.4, 0.5) is 10.1 Å². The molecule has 31 heavy (non-hydrogen) atoms. The van der Waals surface area contributed by atoms with E-state index in [0.29, 0.717) is 17.9 Å². The fourth-order valence-corrected chi connectivity index (χ4v) is 3.51. The summed E-state index contributed by atoms with van der Waals surface area (Å²) in [5, 5.41) is 4.75. The molecule has 0 radical (unpaired) electrons.